The highest BCUT2D eigenvalue weighted by Gasteiger charge is 2.01. The summed E-state index contributed by atoms with van der Waals surface area (Å²) >= 11 is 5.88. The van der Waals surface area contributed by atoms with Gasteiger partial charge in [0, 0.05) is 41.2 Å². The highest BCUT2D eigenvalue weighted by Crippen LogP contribution is 2.20. The van der Waals surface area contributed by atoms with Crippen molar-refractivity contribution in [3.63, 3.8) is 0 Å². The standard InChI is InChI=1S/C16H14ClN3/c17-13-3-1-12(2-4-13)5-9-19-16-7-10-20-15-6-8-18-11-14(15)16/h1-4,6-8,10-11H,5,9H2,(H,19,20). The molecule has 0 unspecified atom stereocenters. The summed E-state index contributed by atoms with van der Waals surface area (Å²) in [6.45, 7) is 0.857. The van der Waals surface area contributed by atoms with Crippen LogP contribution in [0.4, 0.5) is 5.69 Å². The topological polar surface area (TPSA) is 37.8 Å². The van der Waals surface area contributed by atoms with Crippen molar-refractivity contribution in [1.82, 2.24) is 9.97 Å². The molecule has 2 aromatic heterocycles. The molecule has 3 nitrogen and oxygen atoms in total. The summed E-state index contributed by atoms with van der Waals surface area (Å²) in [5.74, 6) is 0. The lowest BCUT2D eigenvalue weighted by Crippen LogP contribution is -2.05. The molecule has 3 rings (SSSR count). The number of halogens is 1. The van der Waals surface area contributed by atoms with E-state index in [0.717, 1.165) is 34.6 Å². The van der Waals surface area contributed by atoms with E-state index < -0.39 is 0 Å². The average molecular weight is 284 g/mol. The minimum atomic E-state index is 0.771. The Kier molecular flexibility index (Phi) is 3.79. The van der Waals surface area contributed by atoms with E-state index in [2.05, 4.69) is 27.4 Å². The fraction of sp³-hybridized carbons (Fsp3) is 0.125. The average Bonchev–Trinajstić information content (AvgIpc) is 2.49. The molecular weight excluding hydrogens is 270 g/mol. The van der Waals surface area contributed by atoms with E-state index in [1.807, 2.05) is 36.7 Å². The third-order valence-corrected chi connectivity index (χ3v) is 3.44. The molecule has 0 aliphatic carbocycles. The first-order chi connectivity index (χ1) is 9.83. The van der Waals surface area contributed by atoms with E-state index >= 15 is 0 Å². The lowest BCUT2D eigenvalue weighted by atomic mass is 10.1. The lowest BCUT2D eigenvalue weighted by molar-refractivity contribution is 1.02. The van der Waals surface area contributed by atoms with Gasteiger partial charge in [-0.3, -0.25) is 9.97 Å². The number of rotatable bonds is 4. The molecule has 0 amide bonds. The molecule has 20 heavy (non-hydrogen) atoms. The molecule has 0 aliphatic rings. The number of benzene rings is 1. The van der Waals surface area contributed by atoms with E-state index in [9.17, 15) is 0 Å². The van der Waals surface area contributed by atoms with Crippen LogP contribution in [0.5, 0.6) is 0 Å². The maximum atomic E-state index is 5.88. The third kappa shape index (κ3) is 2.89. The van der Waals surface area contributed by atoms with E-state index in [4.69, 9.17) is 11.6 Å². The van der Waals surface area contributed by atoms with Gasteiger partial charge in [0.05, 0.1) is 5.52 Å². The number of aromatic nitrogens is 2. The number of anilines is 1. The summed E-state index contributed by atoms with van der Waals surface area (Å²) in [7, 11) is 0. The van der Waals surface area contributed by atoms with Crippen molar-refractivity contribution in [2.24, 2.45) is 0 Å². The van der Waals surface area contributed by atoms with Crippen LogP contribution in [0, 0.1) is 0 Å². The molecule has 1 N–H and O–H groups in total. The van der Waals surface area contributed by atoms with Crippen molar-refractivity contribution in [3.05, 3.63) is 65.6 Å². The van der Waals surface area contributed by atoms with Gasteiger partial charge in [0.1, 0.15) is 0 Å². The zero-order valence-corrected chi connectivity index (χ0v) is 11.6. The van der Waals surface area contributed by atoms with Crippen LogP contribution in [0.25, 0.3) is 10.9 Å². The van der Waals surface area contributed by atoms with Gasteiger partial charge in [0.15, 0.2) is 0 Å². The van der Waals surface area contributed by atoms with Gasteiger partial charge in [-0.05, 0) is 36.2 Å². The highest BCUT2D eigenvalue weighted by molar-refractivity contribution is 6.30. The SMILES string of the molecule is Clc1ccc(CCNc2ccnc3ccncc23)cc1. The second-order valence-corrected chi connectivity index (χ2v) is 4.99. The van der Waals surface area contributed by atoms with Crippen LogP contribution in [0.15, 0.2) is 55.0 Å². The molecule has 0 fully saturated rings. The van der Waals surface area contributed by atoms with Gasteiger partial charge in [0.25, 0.3) is 0 Å². The number of nitrogens with zero attached hydrogens (tertiary/aromatic N) is 2. The summed E-state index contributed by atoms with van der Waals surface area (Å²) in [5, 5.41) is 5.26. The first-order valence-corrected chi connectivity index (χ1v) is 6.88. The van der Waals surface area contributed by atoms with Crippen molar-refractivity contribution in [2.75, 3.05) is 11.9 Å². The van der Waals surface area contributed by atoms with Crippen molar-refractivity contribution >= 4 is 28.2 Å². The number of hydrogen-bond donors (Lipinski definition) is 1. The van der Waals surface area contributed by atoms with Crippen LogP contribution in [-0.4, -0.2) is 16.5 Å². The monoisotopic (exact) mass is 283 g/mol. The molecule has 0 saturated carbocycles. The smallest absolute Gasteiger partial charge is 0.0753 e. The van der Waals surface area contributed by atoms with Gasteiger partial charge in [-0.15, -0.1) is 0 Å². The molecule has 0 atom stereocenters. The van der Waals surface area contributed by atoms with Crippen molar-refractivity contribution < 1.29 is 0 Å². The molecule has 1 aromatic carbocycles. The quantitative estimate of drug-likeness (QED) is 0.788. The summed E-state index contributed by atoms with van der Waals surface area (Å²) < 4.78 is 0. The number of fused-ring (bicyclic) bond motifs is 1. The van der Waals surface area contributed by atoms with Crippen LogP contribution >= 0.6 is 11.6 Å². The minimum Gasteiger partial charge on any atom is -0.384 e. The molecule has 100 valence electrons. The number of hydrogen-bond acceptors (Lipinski definition) is 3. The summed E-state index contributed by atoms with van der Waals surface area (Å²) in [6.07, 6.45) is 6.36. The first-order valence-electron chi connectivity index (χ1n) is 6.50. The van der Waals surface area contributed by atoms with Crippen LogP contribution in [0.3, 0.4) is 0 Å². The summed E-state index contributed by atoms with van der Waals surface area (Å²) in [4.78, 5) is 8.48. The third-order valence-electron chi connectivity index (χ3n) is 3.19. The molecule has 3 aromatic rings. The molecule has 0 aliphatic heterocycles. The Labute approximate surface area is 122 Å². The normalized spacial score (nSPS) is 10.7. The van der Waals surface area contributed by atoms with Crippen LogP contribution in [0.2, 0.25) is 5.02 Å². The number of pyridine rings is 2. The Morgan fingerprint density at radius 2 is 1.85 bits per heavy atom. The Morgan fingerprint density at radius 3 is 2.70 bits per heavy atom. The minimum absolute atomic E-state index is 0.771. The van der Waals surface area contributed by atoms with Crippen molar-refractivity contribution in [1.29, 1.82) is 0 Å². The lowest BCUT2D eigenvalue weighted by Gasteiger charge is -2.09. The Balaban J connectivity index is 1.69. The summed E-state index contributed by atoms with van der Waals surface area (Å²) in [6, 6.07) is 11.8. The van der Waals surface area contributed by atoms with Gasteiger partial charge in [-0.25, -0.2) is 0 Å². The molecule has 0 radical (unpaired) electrons. The second kappa shape index (κ2) is 5.88. The Hall–Kier alpha value is -2.13. The highest BCUT2D eigenvalue weighted by atomic mass is 35.5. The Bertz CT molecular complexity index is 705. The van der Waals surface area contributed by atoms with E-state index in [1.54, 1.807) is 6.20 Å². The van der Waals surface area contributed by atoms with Crippen LogP contribution < -0.4 is 5.32 Å². The van der Waals surface area contributed by atoms with Crippen molar-refractivity contribution in [2.45, 2.75) is 6.42 Å². The fourth-order valence-electron chi connectivity index (χ4n) is 2.14. The molecule has 4 heteroatoms. The molecule has 2 heterocycles. The zero-order valence-electron chi connectivity index (χ0n) is 10.9. The summed E-state index contributed by atoms with van der Waals surface area (Å²) in [5.41, 5.74) is 3.28. The van der Waals surface area contributed by atoms with E-state index in [1.165, 1.54) is 5.56 Å². The predicted octanol–water partition coefficient (Wildman–Crippen LogP) is 3.94. The zero-order chi connectivity index (χ0) is 13.8. The van der Waals surface area contributed by atoms with Gasteiger partial charge in [0.2, 0.25) is 0 Å². The predicted molar refractivity (Wildman–Crippen MR) is 83.2 cm³/mol. The molecule has 0 spiro atoms. The molecular formula is C16H14ClN3. The number of nitrogens with one attached hydrogen (secondary N) is 1. The van der Waals surface area contributed by atoms with E-state index in [-0.39, 0.29) is 0 Å². The van der Waals surface area contributed by atoms with Gasteiger partial charge >= 0.3 is 0 Å². The van der Waals surface area contributed by atoms with Gasteiger partial charge in [-0.1, -0.05) is 23.7 Å². The van der Waals surface area contributed by atoms with Crippen LogP contribution in [-0.2, 0) is 6.42 Å². The van der Waals surface area contributed by atoms with Crippen LogP contribution in [0.1, 0.15) is 5.56 Å². The maximum Gasteiger partial charge on any atom is 0.0753 e. The largest absolute Gasteiger partial charge is 0.384 e. The second-order valence-electron chi connectivity index (χ2n) is 4.55. The van der Waals surface area contributed by atoms with E-state index in [0.29, 0.717) is 0 Å². The molecule has 0 saturated heterocycles. The first kappa shape index (κ1) is 12.9. The van der Waals surface area contributed by atoms with Crippen molar-refractivity contribution in [3.8, 4) is 0 Å². The van der Waals surface area contributed by atoms with Gasteiger partial charge in [-0.2, -0.15) is 0 Å². The maximum absolute atomic E-state index is 5.88. The molecule has 0 bridgehead atoms. The fourth-order valence-corrected chi connectivity index (χ4v) is 2.26. The Morgan fingerprint density at radius 1 is 1.00 bits per heavy atom. The van der Waals surface area contributed by atoms with Gasteiger partial charge < -0.3 is 5.32 Å².